The summed E-state index contributed by atoms with van der Waals surface area (Å²) < 4.78 is 11.9. The van der Waals surface area contributed by atoms with Crippen LogP contribution in [0.4, 0.5) is 4.79 Å². The number of methoxy groups -OCH3 is 1. The van der Waals surface area contributed by atoms with E-state index in [1.807, 2.05) is 42.1 Å². The van der Waals surface area contributed by atoms with Gasteiger partial charge in [-0.05, 0) is 32.4 Å². The molecule has 0 radical (unpaired) electrons. The topological polar surface area (TPSA) is 98.7 Å². The molecular weight excluding hydrogens is 374 g/mol. The highest BCUT2D eigenvalue weighted by Crippen LogP contribution is 2.21. The Labute approximate surface area is 170 Å². The van der Waals surface area contributed by atoms with Gasteiger partial charge in [-0.15, -0.1) is 0 Å². The van der Waals surface area contributed by atoms with Crippen molar-refractivity contribution in [3.63, 3.8) is 0 Å². The van der Waals surface area contributed by atoms with Crippen LogP contribution in [0.3, 0.4) is 0 Å². The van der Waals surface area contributed by atoms with Crippen LogP contribution >= 0.6 is 0 Å². The number of alkyl carbamates (subject to hydrolysis) is 1. The van der Waals surface area contributed by atoms with Gasteiger partial charge in [-0.25, -0.2) is 4.79 Å². The number of hydrogen-bond donors (Lipinski definition) is 2. The van der Waals surface area contributed by atoms with Crippen LogP contribution in [0.15, 0.2) is 30.5 Å². The quantitative estimate of drug-likeness (QED) is 0.691. The third-order valence-electron chi connectivity index (χ3n) is 4.27. The molecule has 8 heteroatoms. The highest BCUT2D eigenvalue weighted by Gasteiger charge is 2.26. The van der Waals surface area contributed by atoms with Crippen molar-refractivity contribution in [1.29, 1.82) is 0 Å². The molecule has 2 rings (SSSR count). The number of aromatic nitrogens is 1. The minimum absolute atomic E-state index is 0.0513. The molecular formula is C21H29N3O5. The highest BCUT2D eigenvalue weighted by atomic mass is 16.6. The number of benzene rings is 1. The van der Waals surface area contributed by atoms with E-state index in [1.54, 1.807) is 20.8 Å². The molecule has 0 saturated carbocycles. The second-order valence-electron chi connectivity index (χ2n) is 7.80. The Kier molecular flexibility index (Phi) is 7.25. The average molecular weight is 403 g/mol. The van der Waals surface area contributed by atoms with Gasteiger partial charge in [-0.2, -0.15) is 0 Å². The van der Waals surface area contributed by atoms with E-state index >= 15 is 0 Å². The van der Waals surface area contributed by atoms with Crippen molar-refractivity contribution in [2.75, 3.05) is 13.7 Å². The first kappa shape index (κ1) is 22.3. The van der Waals surface area contributed by atoms with E-state index in [2.05, 4.69) is 15.4 Å². The van der Waals surface area contributed by atoms with Crippen molar-refractivity contribution < 1.29 is 23.9 Å². The highest BCUT2D eigenvalue weighted by molar-refractivity contribution is 5.88. The van der Waals surface area contributed by atoms with Crippen LogP contribution in [0.5, 0.6) is 0 Å². The smallest absolute Gasteiger partial charge is 0.408 e. The van der Waals surface area contributed by atoms with Gasteiger partial charge in [0.05, 0.1) is 13.5 Å². The molecule has 158 valence electrons. The minimum atomic E-state index is -0.853. The van der Waals surface area contributed by atoms with Gasteiger partial charge in [0.2, 0.25) is 5.91 Å². The Hall–Kier alpha value is -3.03. The van der Waals surface area contributed by atoms with Crippen LogP contribution in [0, 0.1) is 0 Å². The third-order valence-corrected chi connectivity index (χ3v) is 4.27. The number of hydrogen-bond acceptors (Lipinski definition) is 5. The molecule has 0 bridgehead atoms. The summed E-state index contributed by atoms with van der Waals surface area (Å²) in [6.45, 7) is 5.38. The lowest BCUT2D eigenvalue weighted by Gasteiger charge is -2.23. The molecule has 2 amide bonds. The van der Waals surface area contributed by atoms with E-state index in [0.29, 0.717) is 0 Å². The van der Waals surface area contributed by atoms with Crippen molar-refractivity contribution in [2.24, 2.45) is 7.05 Å². The van der Waals surface area contributed by atoms with E-state index in [4.69, 9.17) is 4.74 Å². The number of amides is 2. The SMILES string of the molecule is COC(=O)CCNC(=O)[C@@H](Cc1cn(C)c2ccccc12)NC(=O)OC(C)(C)C. The number of nitrogens with one attached hydrogen (secondary N) is 2. The molecule has 1 atom stereocenters. The summed E-state index contributed by atoms with van der Waals surface area (Å²) in [6.07, 6.45) is 1.60. The normalized spacial score (nSPS) is 12.3. The first-order valence-corrected chi connectivity index (χ1v) is 9.47. The van der Waals surface area contributed by atoms with Crippen molar-refractivity contribution in [3.05, 3.63) is 36.0 Å². The second kappa shape index (κ2) is 9.45. The molecule has 0 fully saturated rings. The van der Waals surface area contributed by atoms with Gasteiger partial charge >= 0.3 is 12.1 Å². The first-order chi connectivity index (χ1) is 13.6. The van der Waals surface area contributed by atoms with Gasteiger partial charge in [-0.3, -0.25) is 9.59 Å². The lowest BCUT2D eigenvalue weighted by Crippen LogP contribution is -2.49. The van der Waals surface area contributed by atoms with Gasteiger partial charge in [0, 0.05) is 37.1 Å². The van der Waals surface area contributed by atoms with Gasteiger partial charge in [0.15, 0.2) is 0 Å². The summed E-state index contributed by atoms with van der Waals surface area (Å²) in [7, 11) is 3.22. The molecule has 0 aliphatic rings. The van der Waals surface area contributed by atoms with Crippen LogP contribution in [0.1, 0.15) is 32.8 Å². The molecule has 8 nitrogen and oxygen atoms in total. The van der Waals surface area contributed by atoms with Gasteiger partial charge in [0.1, 0.15) is 11.6 Å². The lowest BCUT2D eigenvalue weighted by atomic mass is 10.0. The maximum absolute atomic E-state index is 12.7. The van der Waals surface area contributed by atoms with E-state index in [-0.39, 0.29) is 19.4 Å². The summed E-state index contributed by atoms with van der Waals surface area (Å²) in [6, 6.07) is 6.99. The zero-order valence-electron chi connectivity index (χ0n) is 17.6. The van der Waals surface area contributed by atoms with Crippen LogP contribution in [-0.4, -0.2) is 47.8 Å². The molecule has 0 aliphatic carbocycles. The largest absolute Gasteiger partial charge is 0.469 e. The van der Waals surface area contributed by atoms with Crippen LogP contribution in [-0.2, 0) is 32.5 Å². The van der Waals surface area contributed by atoms with E-state index in [9.17, 15) is 14.4 Å². The number of carbonyl (C=O) groups excluding carboxylic acids is 3. The van der Waals surface area contributed by atoms with Crippen LogP contribution < -0.4 is 10.6 Å². The van der Waals surface area contributed by atoms with Crippen molar-refractivity contribution >= 4 is 28.9 Å². The van der Waals surface area contributed by atoms with E-state index in [1.165, 1.54) is 7.11 Å². The predicted octanol–water partition coefficient (Wildman–Crippen LogP) is 2.29. The van der Waals surface area contributed by atoms with Gasteiger partial charge in [-0.1, -0.05) is 18.2 Å². The Morgan fingerprint density at radius 2 is 1.86 bits per heavy atom. The zero-order chi connectivity index (χ0) is 21.6. The fourth-order valence-corrected chi connectivity index (χ4v) is 2.98. The van der Waals surface area contributed by atoms with Crippen molar-refractivity contribution in [2.45, 2.75) is 45.3 Å². The number of para-hydroxylation sites is 1. The zero-order valence-corrected chi connectivity index (χ0v) is 17.6. The number of esters is 1. The summed E-state index contributed by atoms with van der Waals surface area (Å²) in [5, 5.41) is 6.33. The molecule has 2 aromatic rings. The van der Waals surface area contributed by atoms with Gasteiger partial charge in [0.25, 0.3) is 0 Å². The predicted molar refractivity (Wildman–Crippen MR) is 109 cm³/mol. The molecule has 29 heavy (non-hydrogen) atoms. The number of carbonyl (C=O) groups is 3. The minimum Gasteiger partial charge on any atom is -0.469 e. The molecule has 1 heterocycles. The molecule has 1 aromatic heterocycles. The van der Waals surface area contributed by atoms with Crippen molar-refractivity contribution in [1.82, 2.24) is 15.2 Å². The molecule has 0 aliphatic heterocycles. The maximum Gasteiger partial charge on any atom is 0.408 e. The second-order valence-corrected chi connectivity index (χ2v) is 7.80. The Morgan fingerprint density at radius 1 is 1.17 bits per heavy atom. The van der Waals surface area contributed by atoms with Crippen molar-refractivity contribution in [3.8, 4) is 0 Å². The number of nitrogens with zero attached hydrogens (tertiary/aromatic N) is 1. The molecule has 2 N–H and O–H groups in total. The monoisotopic (exact) mass is 403 g/mol. The Balaban J connectivity index is 2.17. The lowest BCUT2D eigenvalue weighted by molar-refractivity contribution is -0.140. The molecule has 0 unspecified atom stereocenters. The molecule has 0 spiro atoms. The third kappa shape index (κ3) is 6.51. The number of aryl methyl sites for hydroxylation is 1. The standard InChI is InChI=1S/C21H29N3O5/c1-21(2,3)29-20(27)23-16(19(26)22-11-10-18(25)28-5)12-14-13-24(4)17-9-7-6-8-15(14)17/h6-9,13,16H,10-12H2,1-5H3,(H,22,26)(H,23,27)/t16-/m1/s1. The fraction of sp³-hybridized carbons (Fsp3) is 0.476. The molecule has 1 aromatic carbocycles. The van der Waals surface area contributed by atoms with E-state index < -0.39 is 29.6 Å². The van der Waals surface area contributed by atoms with Gasteiger partial charge < -0.3 is 24.7 Å². The Morgan fingerprint density at radius 3 is 2.52 bits per heavy atom. The van der Waals surface area contributed by atoms with E-state index in [0.717, 1.165) is 16.5 Å². The average Bonchev–Trinajstić information content (AvgIpc) is 2.95. The molecule has 0 saturated heterocycles. The number of rotatable bonds is 7. The first-order valence-electron chi connectivity index (χ1n) is 9.47. The summed E-state index contributed by atoms with van der Waals surface area (Å²) >= 11 is 0. The summed E-state index contributed by atoms with van der Waals surface area (Å²) in [5.41, 5.74) is 1.27. The maximum atomic E-state index is 12.7. The number of ether oxygens (including phenoxy) is 2. The fourth-order valence-electron chi connectivity index (χ4n) is 2.98. The Bertz CT molecular complexity index is 882. The summed E-state index contributed by atoms with van der Waals surface area (Å²) in [4.78, 5) is 36.3. The number of fused-ring (bicyclic) bond motifs is 1. The van der Waals surface area contributed by atoms with Crippen LogP contribution in [0.25, 0.3) is 10.9 Å². The summed E-state index contributed by atoms with van der Waals surface area (Å²) in [5.74, 6) is -0.816. The van der Waals surface area contributed by atoms with Crippen LogP contribution in [0.2, 0.25) is 0 Å².